The SMILES string of the molecule is Cc1cccc(C(Cc2cccnc2)NN)c1I. The molecule has 3 N–H and O–H groups in total. The van der Waals surface area contributed by atoms with E-state index in [0.29, 0.717) is 0 Å². The van der Waals surface area contributed by atoms with E-state index in [0.717, 1.165) is 6.42 Å². The average molecular weight is 353 g/mol. The number of benzene rings is 1. The van der Waals surface area contributed by atoms with Gasteiger partial charge in [0.2, 0.25) is 0 Å². The first-order valence-corrected chi connectivity index (χ1v) is 6.90. The zero-order chi connectivity index (χ0) is 13.0. The molecule has 2 aromatic rings. The third kappa shape index (κ3) is 3.07. The second-order valence-corrected chi connectivity index (χ2v) is 5.34. The molecule has 0 bridgehead atoms. The fraction of sp³-hybridized carbons (Fsp3) is 0.214. The van der Waals surface area contributed by atoms with Crippen LogP contribution in [0.5, 0.6) is 0 Å². The molecule has 0 aliphatic heterocycles. The summed E-state index contributed by atoms with van der Waals surface area (Å²) in [5.74, 6) is 5.70. The van der Waals surface area contributed by atoms with Gasteiger partial charge in [-0.05, 0) is 58.7 Å². The van der Waals surface area contributed by atoms with Crippen LogP contribution in [0.4, 0.5) is 0 Å². The summed E-state index contributed by atoms with van der Waals surface area (Å²) in [5.41, 5.74) is 6.60. The number of hydrogen-bond donors (Lipinski definition) is 2. The van der Waals surface area contributed by atoms with Crippen LogP contribution in [-0.2, 0) is 6.42 Å². The van der Waals surface area contributed by atoms with Crippen LogP contribution >= 0.6 is 22.6 Å². The van der Waals surface area contributed by atoms with Crippen molar-refractivity contribution in [2.24, 2.45) is 5.84 Å². The third-order valence-electron chi connectivity index (χ3n) is 2.96. The number of nitrogens with one attached hydrogen (secondary N) is 1. The van der Waals surface area contributed by atoms with Crippen LogP contribution in [-0.4, -0.2) is 4.98 Å². The van der Waals surface area contributed by atoms with Crippen LogP contribution in [0.3, 0.4) is 0 Å². The van der Waals surface area contributed by atoms with Crippen molar-refractivity contribution in [3.8, 4) is 0 Å². The van der Waals surface area contributed by atoms with Crippen LogP contribution in [0.1, 0.15) is 22.7 Å². The van der Waals surface area contributed by atoms with Gasteiger partial charge in [-0.1, -0.05) is 24.3 Å². The van der Waals surface area contributed by atoms with Gasteiger partial charge in [-0.25, -0.2) is 0 Å². The van der Waals surface area contributed by atoms with Gasteiger partial charge in [-0.3, -0.25) is 16.3 Å². The molecular formula is C14H16IN3. The van der Waals surface area contributed by atoms with Crippen molar-refractivity contribution >= 4 is 22.6 Å². The molecule has 0 saturated carbocycles. The van der Waals surface area contributed by atoms with E-state index in [1.807, 2.05) is 12.3 Å². The lowest BCUT2D eigenvalue weighted by atomic mass is 9.99. The maximum absolute atomic E-state index is 5.70. The molecule has 1 unspecified atom stereocenters. The van der Waals surface area contributed by atoms with Crippen molar-refractivity contribution in [2.45, 2.75) is 19.4 Å². The molecule has 4 heteroatoms. The highest BCUT2D eigenvalue weighted by atomic mass is 127. The Kier molecular flexibility index (Phi) is 4.68. The molecule has 1 aromatic heterocycles. The Morgan fingerprint density at radius 2 is 2.17 bits per heavy atom. The maximum Gasteiger partial charge on any atom is 0.0511 e. The zero-order valence-electron chi connectivity index (χ0n) is 10.2. The number of aryl methyl sites for hydroxylation is 1. The van der Waals surface area contributed by atoms with Gasteiger partial charge in [0.1, 0.15) is 0 Å². The largest absolute Gasteiger partial charge is 0.271 e. The second kappa shape index (κ2) is 6.26. The molecule has 0 saturated heterocycles. The molecule has 1 heterocycles. The summed E-state index contributed by atoms with van der Waals surface area (Å²) in [5, 5.41) is 0. The number of nitrogens with two attached hydrogens (primary N) is 1. The van der Waals surface area contributed by atoms with Crippen LogP contribution in [0.25, 0.3) is 0 Å². The van der Waals surface area contributed by atoms with Crippen LogP contribution in [0, 0.1) is 10.5 Å². The summed E-state index contributed by atoms with van der Waals surface area (Å²) in [4.78, 5) is 4.14. The first kappa shape index (κ1) is 13.5. The molecule has 0 aliphatic rings. The number of aromatic nitrogens is 1. The lowest BCUT2D eigenvalue weighted by Crippen LogP contribution is -2.30. The molecule has 1 aromatic carbocycles. The summed E-state index contributed by atoms with van der Waals surface area (Å²) in [6.07, 6.45) is 4.50. The summed E-state index contributed by atoms with van der Waals surface area (Å²) >= 11 is 2.38. The van der Waals surface area contributed by atoms with E-state index in [1.165, 1.54) is 20.3 Å². The first-order valence-electron chi connectivity index (χ1n) is 5.82. The maximum atomic E-state index is 5.70. The fourth-order valence-electron chi connectivity index (χ4n) is 1.95. The predicted octanol–water partition coefficient (Wildman–Crippen LogP) is 2.74. The summed E-state index contributed by atoms with van der Waals surface area (Å²) in [7, 11) is 0. The zero-order valence-corrected chi connectivity index (χ0v) is 12.4. The number of hydrazine groups is 1. The second-order valence-electron chi connectivity index (χ2n) is 4.26. The molecule has 0 fully saturated rings. The van der Waals surface area contributed by atoms with Crippen LogP contribution < -0.4 is 11.3 Å². The van der Waals surface area contributed by atoms with Gasteiger partial charge in [0.15, 0.2) is 0 Å². The molecule has 0 amide bonds. The summed E-state index contributed by atoms with van der Waals surface area (Å²) in [6.45, 7) is 2.11. The molecule has 0 radical (unpaired) electrons. The number of hydrogen-bond acceptors (Lipinski definition) is 3. The Balaban J connectivity index is 2.26. The van der Waals surface area contributed by atoms with Crippen molar-refractivity contribution in [2.75, 3.05) is 0 Å². The first-order chi connectivity index (χ1) is 8.72. The number of pyridine rings is 1. The number of rotatable bonds is 4. The molecule has 0 aliphatic carbocycles. The molecule has 0 spiro atoms. The summed E-state index contributed by atoms with van der Waals surface area (Å²) < 4.78 is 1.27. The van der Waals surface area contributed by atoms with Gasteiger partial charge < -0.3 is 0 Å². The lowest BCUT2D eigenvalue weighted by molar-refractivity contribution is 0.548. The van der Waals surface area contributed by atoms with Gasteiger partial charge >= 0.3 is 0 Å². The van der Waals surface area contributed by atoms with Gasteiger partial charge in [-0.15, -0.1) is 0 Å². The number of halogens is 1. The van der Waals surface area contributed by atoms with Gasteiger partial charge in [0, 0.05) is 16.0 Å². The highest BCUT2D eigenvalue weighted by Crippen LogP contribution is 2.25. The monoisotopic (exact) mass is 353 g/mol. The normalized spacial score (nSPS) is 12.4. The van der Waals surface area contributed by atoms with E-state index in [1.54, 1.807) is 6.20 Å². The minimum absolute atomic E-state index is 0.112. The molecule has 3 nitrogen and oxygen atoms in total. The Labute approximate surface area is 121 Å². The highest BCUT2D eigenvalue weighted by Gasteiger charge is 2.14. The van der Waals surface area contributed by atoms with Gasteiger partial charge in [0.05, 0.1) is 6.04 Å². The Hall–Kier alpha value is -0.980. The molecular weight excluding hydrogens is 337 g/mol. The Morgan fingerprint density at radius 1 is 1.33 bits per heavy atom. The van der Waals surface area contributed by atoms with E-state index in [2.05, 4.69) is 64.2 Å². The standard InChI is InChI=1S/C14H16IN3/c1-10-4-2-6-12(14(10)15)13(18-16)8-11-5-3-7-17-9-11/h2-7,9,13,18H,8,16H2,1H3. The van der Waals surface area contributed by atoms with E-state index in [9.17, 15) is 0 Å². The Bertz CT molecular complexity index is 514. The van der Waals surface area contributed by atoms with Crippen LogP contribution in [0.2, 0.25) is 0 Å². The smallest absolute Gasteiger partial charge is 0.0511 e. The predicted molar refractivity (Wildman–Crippen MR) is 81.9 cm³/mol. The van der Waals surface area contributed by atoms with Gasteiger partial charge in [-0.2, -0.15) is 0 Å². The van der Waals surface area contributed by atoms with Crippen molar-refractivity contribution in [3.63, 3.8) is 0 Å². The Morgan fingerprint density at radius 3 is 2.83 bits per heavy atom. The van der Waals surface area contributed by atoms with Crippen molar-refractivity contribution in [3.05, 3.63) is 63.0 Å². The topological polar surface area (TPSA) is 50.9 Å². The van der Waals surface area contributed by atoms with Crippen molar-refractivity contribution in [1.82, 2.24) is 10.4 Å². The van der Waals surface area contributed by atoms with E-state index in [-0.39, 0.29) is 6.04 Å². The van der Waals surface area contributed by atoms with Crippen LogP contribution in [0.15, 0.2) is 42.7 Å². The molecule has 2 rings (SSSR count). The van der Waals surface area contributed by atoms with E-state index < -0.39 is 0 Å². The van der Waals surface area contributed by atoms with E-state index in [4.69, 9.17) is 5.84 Å². The lowest BCUT2D eigenvalue weighted by Gasteiger charge is -2.18. The highest BCUT2D eigenvalue weighted by molar-refractivity contribution is 14.1. The quantitative estimate of drug-likeness (QED) is 0.505. The van der Waals surface area contributed by atoms with E-state index >= 15 is 0 Å². The van der Waals surface area contributed by atoms with Crippen molar-refractivity contribution < 1.29 is 0 Å². The minimum Gasteiger partial charge on any atom is -0.271 e. The van der Waals surface area contributed by atoms with Gasteiger partial charge in [0.25, 0.3) is 0 Å². The minimum atomic E-state index is 0.112. The summed E-state index contributed by atoms with van der Waals surface area (Å²) in [6, 6.07) is 10.4. The fourth-order valence-corrected chi connectivity index (χ4v) is 2.69. The molecule has 18 heavy (non-hydrogen) atoms. The molecule has 1 atom stereocenters. The molecule has 94 valence electrons. The number of nitrogens with zero attached hydrogens (tertiary/aromatic N) is 1. The van der Waals surface area contributed by atoms with Crippen molar-refractivity contribution in [1.29, 1.82) is 0 Å². The average Bonchev–Trinajstić information content (AvgIpc) is 2.41. The third-order valence-corrected chi connectivity index (χ3v) is 4.43.